The molecule has 2 aromatic carbocycles. The molecule has 4 aromatic rings. The number of nitrogens with zero attached hydrogens (tertiary/aromatic N) is 3. The van der Waals surface area contributed by atoms with Gasteiger partial charge >= 0.3 is 0 Å². The Hall–Kier alpha value is -2.30. The molecule has 6 nitrogen and oxygen atoms in total. The number of amides is 1. The van der Waals surface area contributed by atoms with Gasteiger partial charge in [-0.15, -0.1) is 24.8 Å². The lowest BCUT2D eigenvalue weighted by atomic mass is 10.0. The van der Waals surface area contributed by atoms with Crippen LogP contribution in [0.2, 0.25) is 0 Å². The van der Waals surface area contributed by atoms with E-state index in [9.17, 15) is 13.6 Å². The zero-order chi connectivity index (χ0) is 25.4. The number of likely N-dealkylation sites (tertiary alicyclic amines) is 1. The summed E-state index contributed by atoms with van der Waals surface area (Å²) in [5.74, 6) is -0.359. The lowest BCUT2D eigenvalue weighted by Crippen LogP contribution is -2.36. The van der Waals surface area contributed by atoms with Gasteiger partial charge in [-0.05, 0) is 81.1 Å². The maximum absolute atomic E-state index is 15.0. The highest BCUT2D eigenvalue weighted by Gasteiger charge is 2.20. The predicted molar refractivity (Wildman–Crippen MR) is 158 cm³/mol. The molecule has 210 valence electrons. The largest absolute Gasteiger partial charge is 0.352 e. The van der Waals surface area contributed by atoms with E-state index in [0.29, 0.717) is 36.2 Å². The van der Waals surface area contributed by atoms with E-state index >= 15 is 0 Å². The summed E-state index contributed by atoms with van der Waals surface area (Å²) in [6.07, 6.45) is 5.41. The fourth-order valence-electron chi connectivity index (χ4n) is 5.43. The van der Waals surface area contributed by atoms with Gasteiger partial charge in [-0.3, -0.25) is 9.20 Å². The monoisotopic (exact) mass is 595 g/mol. The van der Waals surface area contributed by atoms with Crippen LogP contribution in [0.3, 0.4) is 0 Å². The SMILES string of the molecule is Cl.Cl.O=C(NCCCN1CCC(F)CC1)c1ccc2c(c1)sc1nc(-c3ccc([C@H]4CCCN4)cc3F)cn12. The van der Waals surface area contributed by atoms with E-state index in [1.54, 1.807) is 6.07 Å². The number of alkyl halides is 1. The fourth-order valence-corrected chi connectivity index (χ4v) is 6.48. The van der Waals surface area contributed by atoms with Gasteiger partial charge in [0.2, 0.25) is 0 Å². The van der Waals surface area contributed by atoms with Crippen LogP contribution in [0.4, 0.5) is 8.78 Å². The number of benzene rings is 2. The van der Waals surface area contributed by atoms with Crippen molar-refractivity contribution in [2.45, 2.75) is 44.3 Å². The Morgan fingerprint density at radius 2 is 1.95 bits per heavy atom. The van der Waals surface area contributed by atoms with Crippen LogP contribution in [-0.2, 0) is 0 Å². The molecular formula is C28H33Cl2F2N5OS. The summed E-state index contributed by atoms with van der Waals surface area (Å²) in [5, 5.41) is 6.41. The summed E-state index contributed by atoms with van der Waals surface area (Å²) < 4.78 is 31.2. The van der Waals surface area contributed by atoms with Gasteiger partial charge in [0.1, 0.15) is 12.0 Å². The predicted octanol–water partition coefficient (Wildman–Crippen LogP) is 6.18. The molecule has 2 saturated heterocycles. The number of piperidine rings is 1. The van der Waals surface area contributed by atoms with Gasteiger partial charge < -0.3 is 15.5 Å². The average molecular weight is 597 g/mol. The van der Waals surface area contributed by atoms with Crippen molar-refractivity contribution in [2.24, 2.45) is 0 Å². The highest BCUT2D eigenvalue weighted by Crippen LogP contribution is 2.32. The van der Waals surface area contributed by atoms with Crippen LogP contribution >= 0.6 is 36.2 Å². The topological polar surface area (TPSA) is 61.7 Å². The smallest absolute Gasteiger partial charge is 0.251 e. The number of imidazole rings is 1. The Morgan fingerprint density at radius 3 is 2.69 bits per heavy atom. The number of aromatic nitrogens is 2. The van der Waals surface area contributed by atoms with E-state index in [-0.39, 0.29) is 42.6 Å². The highest BCUT2D eigenvalue weighted by atomic mass is 35.5. The van der Waals surface area contributed by atoms with Crippen molar-refractivity contribution in [2.75, 3.05) is 32.7 Å². The molecule has 2 N–H and O–H groups in total. The van der Waals surface area contributed by atoms with Crippen molar-refractivity contribution in [1.29, 1.82) is 0 Å². The first-order valence-corrected chi connectivity index (χ1v) is 14.0. The van der Waals surface area contributed by atoms with Crippen LogP contribution in [0.5, 0.6) is 0 Å². The fraction of sp³-hybridized carbons (Fsp3) is 0.429. The van der Waals surface area contributed by atoms with Gasteiger partial charge in [0.05, 0.1) is 15.9 Å². The third-order valence-electron chi connectivity index (χ3n) is 7.54. The molecular weight excluding hydrogens is 563 g/mol. The second kappa shape index (κ2) is 12.9. The van der Waals surface area contributed by atoms with Crippen LogP contribution < -0.4 is 10.6 Å². The molecule has 0 unspecified atom stereocenters. The third kappa shape index (κ3) is 6.38. The van der Waals surface area contributed by atoms with Gasteiger partial charge in [0, 0.05) is 43.0 Å². The van der Waals surface area contributed by atoms with E-state index < -0.39 is 6.17 Å². The first-order valence-electron chi connectivity index (χ1n) is 13.1. The Bertz CT molecular complexity index is 1430. The number of rotatable bonds is 7. The number of fused-ring (bicyclic) bond motifs is 3. The molecule has 0 aliphatic carbocycles. The van der Waals surface area contributed by atoms with Crippen molar-refractivity contribution < 1.29 is 13.6 Å². The summed E-state index contributed by atoms with van der Waals surface area (Å²) in [5.41, 5.74) is 3.64. The number of nitrogens with one attached hydrogen (secondary N) is 2. The molecule has 1 amide bonds. The first kappa shape index (κ1) is 29.7. The Morgan fingerprint density at radius 1 is 1.13 bits per heavy atom. The minimum atomic E-state index is -0.663. The standard InChI is InChI=1S/C28H31F2N5OS.2ClH/c29-20-8-13-34(14-9-20)12-2-11-32-27(36)19-5-7-25-26(16-19)37-28-33-24(17-35(25)28)21-6-4-18(15-22(21)30)23-3-1-10-31-23;;/h4-7,15-17,20,23,31H,1-3,8-14H2,(H,32,36);2*1H/t23-;;/m1../s1. The second-order valence-corrected chi connectivity index (χ2v) is 11.1. The van der Waals surface area contributed by atoms with Crippen LogP contribution in [0.15, 0.2) is 42.6 Å². The molecule has 2 aliphatic rings. The number of hydrogen-bond donors (Lipinski definition) is 2. The van der Waals surface area contributed by atoms with Crippen LogP contribution in [-0.4, -0.2) is 59.1 Å². The molecule has 2 aromatic heterocycles. The number of carbonyl (C=O) groups excluding carboxylic acids is 1. The lowest BCUT2D eigenvalue weighted by molar-refractivity contribution is 0.0950. The van der Waals surface area contributed by atoms with Gasteiger partial charge in [0.25, 0.3) is 5.91 Å². The minimum Gasteiger partial charge on any atom is -0.352 e. The van der Waals surface area contributed by atoms with Crippen LogP contribution in [0.1, 0.15) is 54.1 Å². The minimum absolute atomic E-state index is 0. The van der Waals surface area contributed by atoms with E-state index in [2.05, 4.69) is 20.5 Å². The van der Waals surface area contributed by atoms with E-state index in [4.69, 9.17) is 0 Å². The molecule has 2 aliphatic heterocycles. The number of halogens is 4. The average Bonchev–Trinajstić information content (AvgIpc) is 3.64. The molecule has 4 heterocycles. The van der Waals surface area contributed by atoms with Gasteiger partial charge in [-0.25, -0.2) is 13.8 Å². The molecule has 2 fully saturated rings. The first-order chi connectivity index (χ1) is 18.0. The summed E-state index contributed by atoms with van der Waals surface area (Å²) in [6, 6.07) is 11.3. The summed E-state index contributed by atoms with van der Waals surface area (Å²) in [7, 11) is 0. The Labute approximate surface area is 243 Å². The van der Waals surface area contributed by atoms with E-state index in [1.165, 1.54) is 11.3 Å². The second-order valence-electron chi connectivity index (χ2n) is 10.1. The van der Waals surface area contributed by atoms with Gasteiger partial charge in [-0.2, -0.15) is 0 Å². The number of thiazole rings is 1. The van der Waals surface area contributed by atoms with Crippen molar-refractivity contribution in [3.63, 3.8) is 0 Å². The quantitative estimate of drug-likeness (QED) is 0.251. The molecule has 0 saturated carbocycles. The Balaban J connectivity index is 0.00000176. The zero-order valence-electron chi connectivity index (χ0n) is 21.5. The van der Waals surface area contributed by atoms with Gasteiger partial charge in [-0.1, -0.05) is 17.4 Å². The van der Waals surface area contributed by atoms with Crippen molar-refractivity contribution in [3.8, 4) is 11.3 Å². The number of carbonyl (C=O) groups is 1. The molecule has 1 atom stereocenters. The summed E-state index contributed by atoms with van der Waals surface area (Å²) in [4.78, 5) is 20.4. The van der Waals surface area contributed by atoms with Crippen molar-refractivity contribution in [1.82, 2.24) is 24.9 Å². The van der Waals surface area contributed by atoms with Crippen molar-refractivity contribution in [3.05, 3.63) is 59.5 Å². The zero-order valence-corrected chi connectivity index (χ0v) is 23.9. The maximum Gasteiger partial charge on any atom is 0.251 e. The van der Waals surface area contributed by atoms with E-state index in [0.717, 1.165) is 66.2 Å². The van der Waals surface area contributed by atoms with Crippen LogP contribution in [0, 0.1) is 5.82 Å². The molecule has 11 heteroatoms. The Kier molecular flexibility index (Phi) is 9.82. The van der Waals surface area contributed by atoms with Crippen molar-refractivity contribution >= 4 is 57.2 Å². The normalized spacial score (nSPS) is 18.3. The summed E-state index contributed by atoms with van der Waals surface area (Å²) >= 11 is 1.49. The molecule has 6 rings (SSSR count). The molecule has 0 radical (unpaired) electrons. The number of hydrogen-bond acceptors (Lipinski definition) is 5. The van der Waals surface area contributed by atoms with E-state index in [1.807, 2.05) is 40.9 Å². The molecule has 39 heavy (non-hydrogen) atoms. The third-order valence-corrected chi connectivity index (χ3v) is 8.56. The highest BCUT2D eigenvalue weighted by molar-refractivity contribution is 7.23. The van der Waals surface area contributed by atoms with Crippen LogP contribution in [0.25, 0.3) is 26.4 Å². The lowest BCUT2D eigenvalue weighted by Gasteiger charge is -2.28. The van der Waals surface area contributed by atoms with Gasteiger partial charge in [0.15, 0.2) is 4.96 Å². The summed E-state index contributed by atoms with van der Waals surface area (Å²) in [6.45, 7) is 4.03. The molecule has 0 bridgehead atoms. The molecule has 0 spiro atoms. The maximum atomic E-state index is 15.0.